The van der Waals surface area contributed by atoms with Crippen LogP contribution in [-0.4, -0.2) is 0 Å². The van der Waals surface area contributed by atoms with Crippen molar-refractivity contribution in [3.63, 3.8) is 0 Å². The SMILES string of the molecule is Cc1ccc(C)c(C(Br)c2cc(C)c(F)cc2F)c1. The van der Waals surface area contributed by atoms with E-state index in [0.29, 0.717) is 11.1 Å². The molecule has 3 heteroatoms. The van der Waals surface area contributed by atoms with Gasteiger partial charge in [-0.25, -0.2) is 8.78 Å². The summed E-state index contributed by atoms with van der Waals surface area (Å²) in [6.07, 6.45) is 0. The Morgan fingerprint density at radius 2 is 1.53 bits per heavy atom. The highest BCUT2D eigenvalue weighted by molar-refractivity contribution is 9.09. The minimum atomic E-state index is -0.522. The van der Waals surface area contributed by atoms with Crippen molar-refractivity contribution in [2.45, 2.75) is 25.6 Å². The second-order valence-electron chi connectivity index (χ2n) is 4.85. The molecule has 0 amide bonds. The van der Waals surface area contributed by atoms with Crippen LogP contribution in [0.4, 0.5) is 8.78 Å². The Labute approximate surface area is 120 Å². The third kappa shape index (κ3) is 2.86. The van der Waals surface area contributed by atoms with Crippen LogP contribution in [0.5, 0.6) is 0 Å². The molecule has 2 aromatic rings. The summed E-state index contributed by atoms with van der Waals surface area (Å²) in [7, 11) is 0. The van der Waals surface area contributed by atoms with E-state index in [2.05, 4.69) is 15.9 Å². The Morgan fingerprint density at radius 1 is 0.842 bits per heavy atom. The lowest BCUT2D eigenvalue weighted by molar-refractivity contribution is 0.569. The van der Waals surface area contributed by atoms with E-state index >= 15 is 0 Å². The topological polar surface area (TPSA) is 0 Å². The molecule has 2 rings (SSSR count). The Balaban J connectivity index is 2.52. The number of alkyl halides is 1. The molecular weight excluding hydrogens is 310 g/mol. The third-order valence-electron chi connectivity index (χ3n) is 3.26. The standard InChI is InChI=1S/C16H15BrF2/c1-9-4-5-10(2)12(6-9)16(17)13-7-11(3)14(18)8-15(13)19/h4-8,16H,1-3H3. The van der Waals surface area contributed by atoms with Crippen molar-refractivity contribution in [2.75, 3.05) is 0 Å². The van der Waals surface area contributed by atoms with Gasteiger partial charge in [-0.3, -0.25) is 0 Å². The van der Waals surface area contributed by atoms with E-state index in [1.165, 1.54) is 0 Å². The molecule has 0 heterocycles. The predicted octanol–water partition coefficient (Wildman–Crippen LogP) is 5.37. The van der Waals surface area contributed by atoms with E-state index in [1.807, 2.05) is 32.0 Å². The summed E-state index contributed by atoms with van der Waals surface area (Å²) < 4.78 is 27.2. The Morgan fingerprint density at radius 3 is 2.21 bits per heavy atom. The van der Waals surface area contributed by atoms with Crippen LogP contribution in [0.3, 0.4) is 0 Å². The zero-order chi connectivity index (χ0) is 14.2. The Kier molecular flexibility index (Phi) is 4.04. The number of aryl methyl sites for hydroxylation is 3. The second-order valence-corrected chi connectivity index (χ2v) is 5.76. The highest BCUT2D eigenvalue weighted by Gasteiger charge is 2.18. The van der Waals surface area contributed by atoms with Crippen molar-refractivity contribution in [1.29, 1.82) is 0 Å². The van der Waals surface area contributed by atoms with Crippen LogP contribution in [0.15, 0.2) is 30.3 Å². The lowest BCUT2D eigenvalue weighted by atomic mass is 9.97. The number of halogens is 3. The van der Waals surface area contributed by atoms with Crippen LogP contribution in [-0.2, 0) is 0 Å². The number of benzene rings is 2. The lowest BCUT2D eigenvalue weighted by Crippen LogP contribution is -2.01. The molecule has 0 saturated heterocycles. The fourth-order valence-corrected chi connectivity index (χ4v) is 2.92. The van der Waals surface area contributed by atoms with Gasteiger partial charge in [0.2, 0.25) is 0 Å². The van der Waals surface area contributed by atoms with Crippen molar-refractivity contribution < 1.29 is 8.78 Å². The van der Waals surface area contributed by atoms with Gasteiger partial charge in [-0.15, -0.1) is 0 Å². The van der Waals surface area contributed by atoms with E-state index in [9.17, 15) is 8.78 Å². The first-order valence-corrected chi connectivity index (χ1v) is 6.98. The third-order valence-corrected chi connectivity index (χ3v) is 4.25. The van der Waals surface area contributed by atoms with E-state index in [4.69, 9.17) is 0 Å². The summed E-state index contributed by atoms with van der Waals surface area (Å²) >= 11 is 3.53. The summed E-state index contributed by atoms with van der Waals surface area (Å²) in [6.45, 7) is 5.62. The molecule has 0 aliphatic carbocycles. The minimum Gasteiger partial charge on any atom is -0.207 e. The summed E-state index contributed by atoms with van der Waals surface area (Å²) in [6, 6.07) is 8.56. The van der Waals surface area contributed by atoms with E-state index in [1.54, 1.807) is 13.0 Å². The smallest absolute Gasteiger partial charge is 0.130 e. The summed E-state index contributed by atoms with van der Waals surface area (Å²) in [5.41, 5.74) is 4.11. The van der Waals surface area contributed by atoms with Crippen molar-refractivity contribution in [3.8, 4) is 0 Å². The van der Waals surface area contributed by atoms with Gasteiger partial charge < -0.3 is 0 Å². The molecule has 0 bridgehead atoms. The normalized spacial score (nSPS) is 12.5. The van der Waals surface area contributed by atoms with Crippen LogP contribution in [0.1, 0.15) is 32.6 Å². The van der Waals surface area contributed by atoms with Gasteiger partial charge >= 0.3 is 0 Å². The maximum Gasteiger partial charge on any atom is 0.130 e. The molecule has 0 spiro atoms. The highest BCUT2D eigenvalue weighted by atomic mass is 79.9. The fourth-order valence-electron chi connectivity index (χ4n) is 2.07. The van der Waals surface area contributed by atoms with Crippen LogP contribution < -0.4 is 0 Å². The molecule has 1 unspecified atom stereocenters. The van der Waals surface area contributed by atoms with Gasteiger partial charge in [0.25, 0.3) is 0 Å². The van der Waals surface area contributed by atoms with Gasteiger partial charge in [-0.2, -0.15) is 0 Å². The molecule has 0 N–H and O–H groups in total. The first-order chi connectivity index (χ1) is 8.90. The number of rotatable bonds is 2. The van der Waals surface area contributed by atoms with Gasteiger partial charge in [0.15, 0.2) is 0 Å². The van der Waals surface area contributed by atoms with E-state index < -0.39 is 11.6 Å². The molecule has 0 fully saturated rings. The molecule has 2 aromatic carbocycles. The second kappa shape index (κ2) is 5.41. The first kappa shape index (κ1) is 14.2. The van der Waals surface area contributed by atoms with Crippen molar-refractivity contribution in [1.82, 2.24) is 0 Å². The van der Waals surface area contributed by atoms with Crippen molar-refractivity contribution >= 4 is 15.9 Å². The minimum absolute atomic E-state index is 0.272. The maximum absolute atomic E-state index is 13.9. The summed E-state index contributed by atoms with van der Waals surface area (Å²) in [5, 5.41) is 0. The zero-order valence-electron chi connectivity index (χ0n) is 11.1. The summed E-state index contributed by atoms with van der Waals surface area (Å²) in [4.78, 5) is -0.272. The molecule has 0 saturated carbocycles. The van der Waals surface area contributed by atoms with E-state index in [0.717, 1.165) is 22.8 Å². The molecule has 100 valence electrons. The van der Waals surface area contributed by atoms with E-state index in [-0.39, 0.29) is 4.83 Å². The van der Waals surface area contributed by atoms with Crippen LogP contribution in [0, 0.1) is 32.4 Å². The van der Waals surface area contributed by atoms with Crippen LogP contribution in [0.25, 0.3) is 0 Å². The monoisotopic (exact) mass is 324 g/mol. The zero-order valence-corrected chi connectivity index (χ0v) is 12.7. The molecule has 0 aliphatic heterocycles. The summed E-state index contributed by atoms with van der Waals surface area (Å²) in [5.74, 6) is -1.03. The first-order valence-electron chi connectivity index (χ1n) is 6.07. The van der Waals surface area contributed by atoms with Gasteiger partial charge in [0, 0.05) is 11.6 Å². The quantitative estimate of drug-likeness (QED) is 0.651. The van der Waals surface area contributed by atoms with Crippen LogP contribution in [0.2, 0.25) is 0 Å². The molecule has 19 heavy (non-hydrogen) atoms. The van der Waals surface area contributed by atoms with Gasteiger partial charge in [0.1, 0.15) is 11.6 Å². The number of hydrogen-bond acceptors (Lipinski definition) is 0. The molecular formula is C16H15BrF2. The van der Waals surface area contributed by atoms with Gasteiger partial charge in [-0.05, 0) is 43.5 Å². The molecule has 0 aliphatic rings. The largest absolute Gasteiger partial charge is 0.207 e. The van der Waals surface area contributed by atoms with Crippen LogP contribution >= 0.6 is 15.9 Å². The molecule has 1 atom stereocenters. The number of hydrogen-bond donors (Lipinski definition) is 0. The Bertz CT molecular complexity index is 620. The van der Waals surface area contributed by atoms with Crippen molar-refractivity contribution in [2.24, 2.45) is 0 Å². The molecule has 0 aromatic heterocycles. The lowest BCUT2D eigenvalue weighted by Gasteiger charge is -2.16. The Hall–Kier alpha value is -1.22. The average molecular weight is 325 g/mol. The average Bonchev–Trinajstić information content (AvgIpc) is 2.36. The fraction of sp³-hybridized carbons (Fsp3) is 0.250. The van der Waals surface area contributed by atoms with Gasteiger partial charge in [-0.1, -0.05) is 39.7 Å². The molecule has 0 radical (unpaired) electrons. The highest BCUT2D eigenvalue weighted by Crippen LogP contribution is 2.35. The molecule has 0 nitrogen and oxygen atoms in total. The van der Waals surface area contributed by atoms with Crippen molar-refractivity contribution in [3.05, 3.63) is 69.8 Å². The van der Waals surface area contributed by atoms with Gasteiger partial charge in [0.05, 0.1) is 4.83 Å². The maximum atomic E-state index is 13.9. The predicted molar refractivity (Wildman–Crippen MR) is 77.8 cm³/mol.